The number of carbonyl (C=O) groups excluding carboxylic acids is 1. The Morgan fingerprint density at radius 2 is 1.94 bits per heavy atom. The van der Waals surface area contributed by atoms with E-state index < -0.39 is 0 Å². The van der Waals surface area contributed by atoms with Gasteiger partial charge in [-0.3, -0.25) is 4.79 Å². The van der Waals surface area contributed by atoms with Crippen LogP contribution in [-0.4, -0.2) is 18.0 Å². The highest BCUT2D eigenvalue weighted by atomic mass is 16.2. The van der Waals surface area contributed by atoms with E-state index in [-0.39, 0.29) is 17.9 Å². The van der Waals surface area contributed by atoms with E-state index in [0.29, 0.717) is 17.9 Å². The van der Waals surface area contributed by atoms with Gasteiger partial charge in [0.1, 0.15) is 0 Å². The summed E-state index contributed by atoms with van der Waals surface area (Å²) < 4.78 is 0. The number of rotatable bonds is 2. The largest absolute Gasteiger partial charge is 0.353 e. The molecule has 0 aromatic rings. The smallest absolute Gasteiger partial charge is 0.224 e. The number of hydrogen-bond acceptors (Lipinski definition) is 2. The minimum absolute atomic E-state index is 0.0477. The van der Waals surface area contributed by atoms with Gasteiger partial charge in [0, 0.05) is 12.1 Å². The van der Waals surface area contributed by atoms with Gasteiger partial charge in [-0.15, -0.1) is 0 Å². The van der Waals surface area contributed by atoms with Crippen molar-refractivity contribution in [1.29, 1.82) is 0 Å². The topological polar surface area (TPSA) is 55.1 Å². The molecule has 0 bridgehead atoms. The Hall–Kier alpha value is -0.570. The van der Waals surface area contributed by atoms with E-state index in [9.17, 15) is 4.79 Å². The quantitative estimate of drug-likeness (QED) is 0.773. The highest BCUT2D eigenvalue weighted by molar-refractivity contribution is 5.79. The van der Waals surface area contributed by atoms with Gasteiger partial charge >= 0.3 is 0 Å². The molecule has 3 N–H and O–H groups in total. The number of carbonyl (C=O) groups is 1. The summed E-state index contributed by atoms with van der Waals surface area (Å²) in [5, 5.41) is 3.23. The van der Waals surface area contributed by atoms with Crippen LogP contribution in [0, 0.1) is 17.8 Å². The molecular formula is C14H26N2O. The van der Waals surface area contributed by atoms with Crippen molar-refractivity contribution in [3.63, 3.8) is 0 Å². The lowest BCUT2D eigenvalue weighted by atomic mass is 9.78. The second-order valence-electron chi connectivity index (χ2n) is 6.21. The first-order chi connectivity index (χ1) is 8.08. The van der Waals surface area contributed by atoms with Crippen LogP contribution in [0.2, 0.25) is 0 Å². The van der Waals surface area contributed by atoms with Crippen molar-refractivity contribution in [1.82, 2.24) is 5.32 Å². The van der Waals surface area contributed by atoms with E-state index in [0.717, 1.165) is 19.3 Å². The molecule has 17 heavy (non-hydrogen) atoms. The SMILES string of the molecule is CC1CCC(N)C(C(=O)NC2CCCC2C)C1. The molecule has 3 nitrogen and oxygen atoms in total. The zero-order valence-electron chi connectivity index (χ0n) is 11.1. The van der Waals surface area contributed by atoms with Crippen LogP contribution in [0.5, 0.6) is 0 Å². The van der Waals surface area contributed by atoms with Crippen LogP contribution in [0.3, 0.4) is 0 Å². The maximum atomic E-state index is 12.3. The van der Waals surface area contributed by atoms with Crippen molar-refractivity contribution in [2.24, 2.45) is 23.5 Å². The first-order valence-electron chi connectivity index (χ1n) is 7.14. The van der Waals surface area contributed by atoms with Crippen LogP contribution in [-0.2, 0) is 4.79 Å². The predicted molar refractivity (Wildman–Crippen MR) is 69.4 cm³/mol. The van der Waals surface area contributed by atoms with Gasteiger partial charge in [0.05, 0.1) is 5.92 Å². The molecule has 0 heterocycles. The molecule has 5 atom stereocenters. The highest BCUT2D eigenvalue weighted by Gasteiger charge is 2.34. The molecule has 0 aliphatic heterocycles. The Kier molecular flexibility index (Phi) is 4.08. The van der Waals surface area contributed by atoms with Gasteiger partial charge in [0.2, 0.25) is 5.91 Å². The Labute approximate surface area is 105 Å². The molecular weight excluding hydrogens is 212 g/mol. The zero-order chi connectivity index (χ0) is 12.4. The molecule has 0 aromatic carbocycles. The minimum atomic E-state index is 0.0477. The molecule has 1 amide bonds. The van der Waals surface area contributed by atoms with Gasteiger partial charge in [0.25, 0.3) is 0 Å². The van der Waals surface area contributed by atoms with E-state index >= 15 is 0 Å². The average molecular weight is 238 g/mol. The zero-order valence-corrected chi connectivity index (χ0v) is 11.1. The third-order valence-corrected chi connectivity index (χ3v) is 4.69. The maximum Gasteiger partial charge on any atom is 0.224 e. The van der Waals surface area contributed by atoms with Crippen LogP contribution in [0.15, 0.2) is 0 Å². The Balaban J connectivity index is 1.89. The minimum Gasteiger partial charge on any atom is -0.353 e. The van der Waals surface area contributed by atoms with Gasteiger partial charge in [0.15, 0.2) is 0 Å². The summed E-state index contributed by atoms with van der Waals surface area (Å²) in [5.74, 6) is 1.54. The number of amides is 1. The first kappa shape index (κ1) is 12.9. The lowest BCUT2D eigenvalue weighted by Crippen LogP contribution is -2.48. The summed E-state index contributed by atoms with van der Waals surface area (Å²) in [7, 11) is 0. The van der Waals surface area contributed by atoms with E-state index in [4.69, 9.17) is 5.73 Å². The number of hydrogen-bond donors (Lipinski definition) is 2. The standard InChI is InChI=1S/C14H26N2O/c1-9-6-7-12(15)11(8-9)14(17)16-13-5-3-4-10(13)2/h9-13H,3-8,15H2,1-2H3,(H,16,17). The van der Waals surface area contributed by atoms with Gasteiger partial charge in [-0.2, -0.15) is 0 Å². The van der Waals surface area contributed by atoms with E-state index in [1.165, 1.54) is 19.3 Å². The summed E-state index contributed by atoms with van der Waals surface area (Å²) in [5.41, 5.74) is 6.09. The summed E-state index contributed by atoms with van der Waals surface area (Å²) >= 11 is 0. The molecule has 2 rings (SSSR count). The van der Waals surface area contributed by atoms with Crippen LogP contribution < -0.4 is 11.1 Å². The second-order valence-corrected chi connectivity index (χ2v) is 6.21. The molecule has 0 radical (unpaired) electrons. The maximum absolute atomic E-state index is 12.3. The summed E-state index contributed by atoms with van der Waals surface area (Å²) in [6.45, 7) is 4.46. The molecule has 2 saturated carbocycles. The van der Waals surface area contributed by atoms with E-state index in [2.05, 4.69) is 19.2 Å². The number of nitrogens with one attached hydrogen (secondary N) is 1. The van der Waals surface area contributed by atoms with Crippen molar-refractivity contribution in [2.75, 3.05) is 0 Å². The van der Waals surface area contributed by atoms with Crippen molar-refractivity contribution < 1.29 is 4.79 Å². The van der Waals surface area contributed by atoms with Crippen LogP contribution >= 0.6 is 0 Å². The Morgan fingerprint density at radius 3 is 2.59 bits per heavy atom. The predicted octanol–water partition coefficient (Wildman–Crippen LogP) is 2.05. The molecule has 2 aliphatic carbocycles. The Bertz CT molecular complexity index is 279. The molecule has 0 spiro atoms. The summed E-state index contributed by atoms with van der Waals surface area (Å²) in [6, 6.07) is 0.467. The van der Waals surface area contributed by atoms with Gasteiger partial charge in [-0.05, 0) is 43.9 Å². The molecule has 5 unspecified atom stereocenters. The third-order valence-electron chi connectivity index (χ3n) is 4.69. The van der Waals surface area contributed by atoms with E-state index in [1.54, 1.807) is 0 Å². The lowest BCUT2D eigenvalue weighted by molar-refractivity contribution is -0.127. The van der Waals surface area contributed by atoms with Crippen LogP contribution in [0.4, 0.5) is 0 Å². The van der Waals surface area contributed by atoms with Crippen LogP contribution in [0.25, 0.3) is 0 Å². The average Bonchev–Trinajstić information content (AvgIpc) is 2.68. The first-order valence-corrected chi connectivity index (χ1v) is 7.14. The molecule has 0 aromatic heterocycles. The lowest BCUT2D eigenvalue weighted by Gasteiger charge is -2.32. The fourth-order valence-electron chi connectivity index (χ4n) is 3.36. The Morgan fingerprint density at radius 1 is 1.18 bits per heavy atom. The molecule has 2 aliphatic rings. The van der Waals surface area contributed by atoms with Gasteiger partial charge in [-0.25, -0.2) is 0 Å². The normalized spacial score (nSPS) is 42.4. The molecule has 98 valence electrons. The summed E-state index contributed by atoms with van der Waals surface area (Å²) in [4.78, 5) is 12.3. The molecule has 2 fully saturated rings. The number of nitrogens with two attached hydrogens (primary N) is 1. The fraction of sp³-hybridized carbons (Fsp3) is 0.929. The van der Waals surface area contributed by atoms with Crippen molar-refractivity contribution >= 4 is 5.91 Å². The summed E-state index contributed by atoms with van der Waals surface area (Å²) in [6.07, 6.45) is 6.78. The highest BCUT2D eigenvalue weighted by Crippen LogP contribution is 2.30. The second kappa shape index (κ2) is 5.38. The van der Waals surface area contributed by atoms with Gasteiger partial charge < -0.3 is 11.1 Å². The molecule has 3 heteroatoms. The van der Waals surface area contributed by atoms with Crippen molar-refractivity contribution in [3.05, 3.63) is 0 Å². The fourth-order valence-corrected chi connectivity index (χ4v) is 3.36. The van der Waals surface area contributed by atoms with E-state index in [1.807, 2.05) is 0 Å². The monoisotopic (exact) mass is 238 g/mol. The van der Waals surface area contributed by atoms with Crippen molar-refractivity contribution in [2.45, 2.75) is 64.5 Å². The molecule has 0 saturated heterocycles. The van der Waals surface area contributed by atoms with Gasteiger partial charge in [-0.1, -0.05) is 20.3 Å². The third kappa shape index (κ3) is 3.01. The van der Waals surface area contributed by atoms with Crippen molar-refractivity contribution in [3.8, 4) is 0 Å². The van der Waals surface area contributed by atoms with Crippen LogP contribution in [0.1, 0.15) is 52.4 Å².